The fraction of sp³-hybridized carbons (Fsp3) is 0.308. The SMILES string of the molecule is O=C(ON(c1nc(Oc2ccc(C(F)(F)F)cc2C2=CCNCC2)cs1)S(=O)(=O)c1ccc2c(c1)OCCC2)C(F)(F)F. The average molecular weight is 650 g/mol. The zero-order valence-electron chi connectivity index (χ0n) is 21.8. The second kappa shape index (κ2) is 11.7. The third kappa shape index (κ3) is 6.73. The normalized spacial score (nSPS) is 15.6. The van der Waals surface area contributed by atoms with Crippen LogP contribution in [0.2, 0.25) is 0 Å². The van der Waals surface area contributed by atoms with Crippen molar-refractivity contribution in [2.75, 3.05) is 24.2 Å². The number of alkyl halides is 6. The Balaban J connectivity index is 1.51. The van der Waals surface area contributed by atoms with Crippen molar-refractivity contribution in [2.24, 2.45) is 0 Å². The molecule has 3 heterocycles. The molecule has 1 N–H and O–H groups in total. The lowest BCUT2D eigenvalue weighted by Gasteiger charge is -2.22. The number of aryl methyl sites for hydroxylation is 1. The number of rotatable bonds is 7. The van der Waals surface area contributed by atoms with Crippen LogP contribution in [0.25, 0.3) is 5.57 Å². The van der Waals surface area contributed by atoms with Crippen LogP contribution in [0.15, 0.2) is 52.7 Å². The van der Waals surface area contributed by atoms with E-state index in [0.717, 1.165) is 35.7 Å². The van der Waals surface area contributed by atoms with Crippen LogP contribution in [0.5, 0.6) is 17.4 Å². The molecule has 2 aliphatic rings. The zero-order chi connectivity index (χ0) is 31.0. The van der Waals surface area contributed by atoms with Gasteiger partial charge in [0.2, 0.25) is 11.0 Å². The first-order valence-corrected chi connectivity index (χ1v) is 14.9. The molecule has 0 amide bonds. The Morgan fingerprint density at radius 1 is 1.07 bits per heavy atom. The van der Waals surface area contributed by atoms with Gasteiger partial charge in [-0.25, -0.2) is 4.79 Å². The molecule has 0 aliphatic carbocycles. The van der Waals surface area contributed by atoms with Gasteiger partial charge in [-0.2, -0.15) is 39.7 Å². The largest absolute Gasteiger partial charge is 0.493 e. The van der Waals surface area contributed by atoms with E-state index in [-0.39, 0.29) is 27.4 Å². The van der Waals surface area contributed by atoms with Crippen molar-refractivity contribution in [3.05, 3.63) is 64.5 Å². The van der Waals surface area contributed by atoms with Gasteiger partial charge in [0.25, 0.3) is 10.0 Å². The number of aromatic nitrogens is 1. The molecule has 0 fully saturated rings. The molecule has 0 saturated heterocycles. The molecule has 0 atom stereocenters. The van der Waals surface area contributed by atoms with Gasteiger partial charge < -0.3 is 19.6 Å². The maximum absolute atomic E-state index is 13.5. The predicted molar refractivity (Wildman–Crippen MR) is 141 cm³/mol. The van der Waals surface area contributed by atoms with E-state index in [9.17, 15) is 39.6 Å². The minimum atomic E-state index is -5.55. The van der Waals surface area contributed by atoms with E-state index in [1.807, 2.05) is 0 Å². The van der Waals surface area contributed by atoms with Crippen molar-refractivity contribution in [3.8, 4) is 17.4 Å². The smallest absolute Gasteiger partial charge is 0.493 e. The molecule has 0 unspecified atom stereocenters. The van der Waals surface area contributed by atoms with Gasteiger partial charge in [-0.3, -0.25) is 0 Å². The molecule has 5 rings (SSSR count). The van der Waals surface area contributed by atoms with E-state index in [4.69, 9.17) is 9.47 Å². The van der Waals surface area contributed by atoms with Crippen molar-refractivity contribution in [1.82, 2.24) is 10.3 Å². The van der Waals surface area contributed by atoms with Crippen LogP contribution in [0.1, 0.15) is 29.5 Å². The molecule has 43 heavy (non-hydrogen) atoms. The molecule has 2 aliphatic heterocycles. The highest BCUT2D eigenvalue weighted by atomic mass is 32.2. The molecule has 3 aromatic rings. The van der Waals surface area contributed by atoms with E-state index < -0.39 is 43.9 Å². The summed E-state index contributed by atoms with van der Waals surface area (Å²) in [6.07, 6.45) is -6.86. The number of sulfonamides is 1. The van der Waals surface area contributed by atoms with Gasteiger partial charge in [0, 0.05) is 18.2 Å². The molecule has 2 aromatic carbocycles. The Morgan fingerprint density at radius 3 is 2.56 bits per heavy atom. The lowest BCUT2D eigenvalue weighted by Crippen LogP contribution is -2.38. The van der Waals surface area contributed by atoms with E-state index in [1.165, 1.54) is 6.07 Å². The minimum absolute atomic E-state index is 0.0634. The highest BCUT2D eigenvalue weighted by molar-refractivity contribution is 7.92. The Kier molecular flexibility index (Phi) is 8.32. The predicted octanol–water partition coefficient (Wildman–Crippen LogP) is 5.87. The Labute approximate surface area is 244 Å². The number of hydrogen-bond donors (Lipinski definition) is 1. The number of benzene rings is 2. The summed E-state index contributed by atoms with van der Waals surface area (Å²) in [5.74, 6) is -3.05. The first-order valence-electron chi connectivity index (χ1n) is 12.6. The number of nitrogens with one attached hydrogen (secondary N) is 1. The molecule has 9 nitrogen and oxygen atoms in total. The van der Waals surface area contributed by atoms with Crippen LogP contribution >= 0.6 is 11.3 Å². The molecule has 0 bridgehead atoms. The number of thiazole rings is 1. The van der Waals surface area contributed by atoms with Gasteiger partial charge in [0.1, 0.15) is 11.5 Å². The minimum Gasteiger partial charge on any atom is -0.493 e. The molecular formula is C26H21F6N3O6S2. The summed E-state index contributed by atoms with van der Waals surface area (Å²) < 4.78 is 118. The number of fused-ring (bicyclic) bond motifs is 1. The second-order valence-electron chi connectivity index (χ2n) is 9.29. The number of carbonyl (C=O) groups is 1. The van der Waals surface area contributed by atoms with E-state index in [2.05, 4.69) is 15.1 Å². The van der Waals surface area contributed by atoms with Crippen LogP contribution < -0.4 is 19.3 Å². The van der Waals surface area contributed by atoms with Gasteiger partial charge in [-0.1, -0.05) is 27.9 Å². The van der Waals surface area contributed by atoms with E-state index in [1.54, 1.807) is 6.08 Å². The lowest BCUT2D eigenvalue weighted by molar-refractivity contribution is -0.199. The fourth-order valence-electron chi connectivity index (χ4n) is 4.30. The van der Waals surface area contributed by atoms with E-state index >= 15 is 0 Å². The number of halogens is 6. The summed E-state index contributed by atoms with van der Waals surface area (Å²) in [7, 11) is -4.99. The standard InChI is InChI=1S/C26H21F6N3O6S2/c27-25(28,29)17-4-6-20(19(12-17)15-7-9-33-10-8-15)40-22-14-42-24(34-22)35(41-23(36)26(30,31)32)43(37,38)18-5-3-16-2-1-11-39-21(16)13-18/h3-7,12-14,33H,1-2,8-11H2. The van der Waals surface area contributed by atoms with Gasteiger partial charge in [-0.15, -0.1) is 0 Å². The van der Waals surface area contributed by atoms with Crippen molar-refractivity contribution in [3.63, 3.8) is 0 Å². The summed E-state index contributed by atoms with van der Waals surface area (Å²) in [5, 5.41) is 3.41. The molecule has 1 aromatic heterocycles. The summed E-state index contributed by atoms with van der Waals surface area (Å²) in [6, 6.07) is 6.41. The monoisotopic (exact) mass is 649 g/mol. The summed E-state index contributed by atoms with van der Waals surface area (Å²) in [5.41, 5.74) is 0.407. The highest BCUT2D eigenvalue weighted by Gasteiger charge is 2.46. The Morgan fingerprint density at radius 2 is 1.86 bits per heavy atom. The van der Waals surface area contributed by atoms with Crippen LogP contribution in [0.4, 0.5) is 31.5 Å². The van der Waals surface area contributed by atoms with Crippen LogP contribution in [0.3, 0.4) is 0 Å². The van der Waals surface area contributed by atoms with Crippen molar-refractivity contribution in [1.29, 1.82) is 0 Å². The topological polar surface area (TPSA) is 107 Å². The third-order valence-corrected chi connectivity index (χ3v) is 8.80. The number of anilines is 1. The van der Waals surface area contributed by atoms with Crippen molar-refractivity contribution >= 4 is 38.0 Å². The zero-order valence-corrected chi connectivity index (χ0v) is 23.4. The van der Waals surface area contributed by atoms with Crippen LogP contribution in [0, 0.1) is 0 Å². The Hall–Kier alpha value is -3.83. The molecule has 0 saturated carbocycles. The fourth-order valence-corrected chi connectivity index (χ4v) is 6.40. The maximum atomic E-state index is 13.5. The highest BCUT2D eigenvalue weighted by Crippen LogP contribution is 2.40. The van der Waals surface area contributed by atoms with Gasteiger partial charge in [0.05, 0.1) is 22.4 Å². The van der Waals surface area contributed by atoms with Crippen LogP contribution in [-0.2, 0) is 32.3 Å². The first kappa shape index (κ1) is 30.6. The first-order chi connectivity index (χ1) is 20.2. The van der Waals surface area contributed by atoms with Crippen molar-refractivity contribution in [2.45, 2.75) is 36.5 Å². The van der Waals surface area contributed by atoms with Crippen LogP contribution in [-0.4, -0.2) is 45.2 Å². The maximum Gasteiger partial charge on any atom is 0.493 e. The molecule has 230 valence electrons. The van der Waals surface area contributed by atoms with Gasteiger partial charge in [-0.05, 0) is 61.2 Å². The van der Waals surface area contributed by atoms with Crippen molar-refractivity contribution < 1.29 is 53.9 Å². The van der Waals surface area contributed by atoms with Gasteiger partial charge >= 0.3 is 18.3 Å². The summed E-state index contributed by atoms with van der Waals surface area (Å²) in [4.78, 5) is 19.4. The third-order valence-electron chi connectivity index (χ3n) is 6.36. The molecule has 17 heteroatoms. The average Bonchev–Trinajstić information content (AvgIpc) is 3.42. The number of hydrogen-bond acceptors (Lipinski definition) is 9. The number of carbonyl (C=O) groups excluding carboxylic acids is 1. The quantitative estimate of drug-likeness (QED) is 0.250. The molecule has 0 radical (unpaired) electrons. The number of ether oxygens (including phenoxy) is 2. The summed E-state index contributed by atoms with van der Waals surface area (Å²) >= 11 is 0.459. The molecular weight excluding hydrogens is 628 g/mol. The Bertz CT molecular complexity index is 1670. The van der Waals surface area contributed by atoms with E-state index in [0.29, 0.717) is 61.4 Å². The second-order valence-corrected chi connectivity index (χ2v) is 11.9. The summed E-state index contributed by atoms with van der Waals surface area (Å²) in [6.45, 7) is 1.19. The lowest BCUT2D eigenvalue weighted by atomic mass is 9.97. The number of nitrogens with zero attached hydrogens (tertiary/aromatic N) is 2. The van der Waals surface area contributed by atoms with Gasteiger partial charge in [0.15, 0.2) is 0 Å². The molecule has 0 spiro atoms.